The first-order valence-electron chi connectivity index (χ1n) is 10.7. The van der Waals surface area contributed by atoms with Crippen LogP contribution in [0.1, 0.15) is 31.0 Å². The normalized spacial score (nSPS) is 15.4. The van der Waals surface area contributed by atoms with Crippen LogP contribution in [0.5, 0.6) is 23.0 Å². The van der Waals surface area contributed by atoms with E-state index < -0.39 is 12.0 Å². The number of ether oxygens (including phenoxy) is 3. The van der Waals surface area contributed by atoms with Gasteiger partial charge in [0.2, 0.25) is 0 Å². The number of hydrogen-bond donors (Lipinski definition) is 2. The van der Waals surface area contributed by atoms with Gasteiger partial charge in [0.25, 0.3) is 5.56 Å². The van der Waals surface area contributed by atoms with E-state index >= 15 is 0 Å². The highest BCUT2D eigenvalue weighted by Crippen LogP contribution is 2.36. The van der Waals surface area contributed by atoms with Crippen LogP contribution in [-0.4, -0.2) is 41.6 Å². The Hall–Kier alpha value is -4.05. The highest BCUT2D eigenvalue weighted by atomic mass is 32.1. The fraction of sp³-hybridized carbons (Fsp3) is 0.240. The third-order valence-electron chi connectivity index (χ3n) is 5.56. The van der Waals surface area contributed by atoms with E-state index in [-0.39, 0.29) is 40.7 Å². The second-order valence-corrected chi connectivity index (χ2v) is 8.66. The molecule has 2 heterocycles. The third kappa shape index (κ3) is 4.40. The topological polar surface area (TPSA) is 120 Å². The van der Waals surface area contributed by atoms with Gasteiger partial charge in [0.1, 0.15) is 6.04 Å². The summed E-state index contributed by atoms with van der Waals surface area (Å²) in [6.45, 7) is 3.54. The van der Waals surface area contributed by atoms with E-state index in [9.17, 15) is 19.8 Å². The number of phenolic OH excluding ortho intramolecular Hbond substituents is 2. The number of benzene rings is 2. The van der Waals surface area contributed by atoms with Crippen molar-refractivity contribution < 1.29 is 29.2 Å². The first kappa shape index (κ1) is 24.1. The van der Waals surface area contributed by atoms with E-state index in [1.165, 1.54) is 42.3 Å². The molecule has 0 unspecified atom stereocenters. The number of fused-ring (bicyclic) bond motifs is 1. The molecule has 1 atom stereocenters. The molecule has 3 aromatic rings. The first-order chi connectivity index (χ1) is 16.8. The second kappa shape index (κ2) is 9.67. The number of aromatic hydroxyl groups is 2. The van der Waals surface area contributed by atoms with Crippen LogP contribution in [0.4, 0.5) is 0 Å². The zero-order chi connectivity index (χ0) is 25.3. The number of rotatable bonds is 6. The van der Waals surface area contributed by atoms with Crippen molar-refractivity contribution in [2.75, 3.05) is 20.8 Å². The molecule has 0 radical (unpaired) electrons. The van der Waals surface area contributed by atoms with E-state index in [1.54, 1.807) is 44.2 Å². The third-order valence-corrected chi connectivity index (χ3v) is 6.54. The van der Waals surface area contributed by atoms with Crippen molar-refractivity contribution in [1.29, 1.82) is 0 Å². The summed E-state index contributed by atoms with van der Waals surface area (Å²) in [7, 11) is 2.88. The van der Waals surface area contributed by atoms with Gasteiger partial charge in [0, 0.05) is 5.70 Å². The number of nitrogens with zero attached hydrogens (tertiary/aromatic N) is 2. The number of hydrogen-bond acceptors (Lipinski definition) is 9. The number of aromatic nitrogens is 1. The number of esters is 1. The van der Waals surface area contributed by atoms with Gasteiger partial charge in [-0.3, -0.25) is 9.36 Å². The maximum atomic E-state index is 13.3. The summed E-state index contributed by atoms with van der Waals surface area (Å²) in [5.74, 6) is -0.107. The number of methoxy groups -OCH3 is 2. The molecule has 9 nitrogen and oxygen atoms in total. The van der Waals surface area contributed by atoms with Gasteiger partial charge in [-0.1, -0.05) is 23.5 Å². The molecule has 0 saturated heterocycles. The minimum atomic E-state index is -0.761. The number of allylic oxidation sites excluding steroid dienone is 1. The van der Waals surface area contributed by atoms with Crippen LogP contribution in [0.3, 0.4) is 0 Å². The van der Waals surface area contributed by atoms with Gasteiger partial charge in [-0.05, 0) is 55.3 Å². The number of carbonyl (C=O) groups is 1. The quantitative estimate of drug-likeness (QED) is 0.503. The Kier molecular flexibility index (Phi) is 6.65. The molecule has 4 rings (SSSR count). The van der Waals surface area contributed by atoms with Crippen molar-refractivity contribution in [3.8, 4) is 23.0 Å². The Balaban J connectivity index is 1.94. The summed E-state index contributed by atoms with van der Waals surface area (Å²) in [5.41, 5.74) is 1.56. The van der Waals surface area contributed by atoms with Crippen LogP contribution in [0.15, 0.2) is 51.8 Å². The largest absolute Gasteiger partial charge is 0.504 e. The molecule has 0 amide bonds. The molecule has 0 spiro atoms. The Labute approximate surface area is 204 Å². The zero-order valence-corrected chi connectivity index (χ0v) is 20.4. The summed E-state index contributed by atoms with van der Waals surface area (Å²) in [5, 5.41) is 19.9. The Morgan fingerprint density at radius 3 is 2.43 bits per heavy atom. The van der Waals surface area contributed by atoms with Crippen molar-refractivity contribution in [2.24, 2.45) is 4.99 Å². The molecule has 0 saturated carbocycles. The molecule has 1 aliphatic rings. The Morgan fingerprint density at radius 1 is 1.11 bits per heavy atom. The van der Waals surface area contributed by atoms with Crippen LogP contribution < -0.4 is 24.4 Å². The maximum absolute atomic E-state index is 13.3. The lowest BCUT2D eigenvalue weighted by Crippen LogP contribution is -2.35. The van der Waals surface area contributed by atoms with Crippen LogP contribution in [0.2, 0.25) is 0 Å². The van der Waals surface area contributed by atoms with Crippen molar-refractivity contribution in [3.63, 3.8) is 0 Å². The van der Waals surface area contributed by atoms with Gasteiger partial charge in [0.05, 0.1) is 30.9 Å². The van der Waals surface area contributed by atoms with E-state index in [0.717, 1.165) is 0 Å². The van der Waals surface area contributed by atoms with Crippen LogP contribution in [-0.2, 0) is 9.53 Å². The minimum Gasteiger partial charge on any atom is -0.504 e. The maximum Gasteiger partial charge on any atom is 0.338 e. The Bertz CT molecular complexity index is 1520. The summed E-state index contributed by atoms with van der Waals surface area (Å²) in [6, 6.07) is 8.73. The molecule has 35 heavy (non-hydrogen) atoms. The molecule has 0 aliphatic carbocycles. The highest BCUT2D eigenvalue weighted by molar-refractivity contribution is 7.07. The minimum absolute atomic E-state index is 0.00753. The molecule has 0 bridgehead atoms. The molecular weight excluding hydrogens is 472 g/mol. The predicted octanol–water partition coefficient (Wildman–Crippen LogP) is 2.34. The SMILES string of the molecule is CCOC(=O)C1=C(C)n2c(s/c(=C\c3ccc(O)c(OC)c3)c2=O)=N[C@@H]1c1ccc(O)c(OC)c1. The van der Waals surface area contributed by atoms with Gasteiger partial charge < -0.3 is 24.4 Å². The molecule has 10 heteroatoms. The summed E-state index contributed by atoms with van der Waals surface area (Å²) in [4.78, 5) is 31.4. The first-order valence-corrected chi connectivity index (χ1v) is 11.5. The van der Waals surface area contributed by atoms with E-state index in [1.807, 2.05) is 0 Å². The molecule has 2 N–H and O–H groups in total. The average Bonchev–Trinajstić information content (AvgIpc) is 3.15. The lowest BCUT2D eigenvalue weighted by atomic mass is 9.96. The van der Waals surface area contributed by atoms with E-state index in [2.05, 4.69) is 0 Å². The molecule has 2 aromatic carbocycles. The van der Waals surface area contributed by atoms with Gasteiger partial charge in [-0.2, -0.15) is 0 Å². The van der Waals surface area contributed by atoms with Crippen molar-refractivity contribution in [2.45, 2.75) is 19.9 Å². The molecule has 1 aromatic heterocycles. The van der Waals surface area contributed by atoms with Crippen molar-refractivity contribution in [3.05, 3.63) is 72.8 Å². The van der Waals surface area contributed by atoms with E-state index in [4.69, 9.17) is 19.2 Å². The van der Waals surface area contributed by atoms with Gasteiger partial charge >= 0.3 is 5.97 Å². The standard InChI is InChI=1S/C25H24N2O7S/c1-5-34-24(31)21-13(2)27-23(30)20(11-14-6-8-16(28)18(10-14)32-3)35-25(27)26-22(21)15-7-9-17(29)19(12-15)33-4/h6-12,22,28-29H,5H2,1-4H3/b20-11-/t22-/m1/s1. The van der Waals surface area contributed by atoms with Gasteiger partial charge in [-0.15, -0.1) is 0 Å². The second-order valence-electron chi connectivity index (χ2n) is 7.65. The Morgan fingerprint density at radius 2 is 1.77 bits per heavy atom. The van der Waals surface area contributed by atoms with Crippen LogP contribution in [0.25, 0.3) is 11.8 Å². The van der Waals surface area contributed by atoms with Crippen LogP contribution in [0, 0.1) is 0 Å². The van der Waals surface area contributed by atoms with Crippen molar-refractivity contribution in [1.82, 2.24) is 4.57 Å². The number of phenols is 2. The molecule has 1 aliphatic heterocycles. The van der Waals surface area contributed by atoms with Gasteiger partial charge in [0.15, 0.2) is 27.8 Å². The smallest absolute Gasteiger partial charge is 0.338 e. The lowest BCUT2D eigenvalue weighted by Gasteiger charge is -2.22. The fourth-order valence-electron chi connectivity index (χ4n) is 3.86. The van der Waals surface area contributed by atoms with Crippen molar-refractivity contribution >= 4 is 29.1 Å². The number of thiazole rings is 1. The highest BCUT2D eigenvalue weighted by Gasteiger charge is 2.32. The summed E-state index contributed by atoms with van der Waals surface area (Å²) >= 11 is 1.17. The molecular formula is C25H24N2O7S. The summed E-state index contributed by atoms with van der Waals surface area (Å²) in [6.07, 6.45) is 1.67. The van der Waals surface area contributed by atoms with E-state index in [0.29, 0.717) is 26.2 Å². The monoisotopic (exact) mass is 496 g/mol. The molecule has 182 valence electrons. The predicted molar refractivity (Wildman–Crippen MR) is 131 cm³/mol. The number of carbonyl (C=O) groups excluding carboxylic acids is 1. The van der Waals surface area contributed by atoms with Crippen LogP contribution >= 0.6 is 11.3 Å². The lowest BCUT2D eigenvalue weighted by molar-refractivity contribution is -0.138. The average molecular weight is 497 g/mol. The molecule has 0 fully saturated rings. The summed E-state index contributed by atoms with van der Waals surface area (Å²) < 4.78 is 17.4. The van der Waals surface area contributed by atoms with Gasteiger partial charge in [-0.25, -0.2) is 9.79 Å². The zero-order valence-electron chi connectivity index (χ0n) is 19.6. The fourth-order valence-corrected chi connectivity index (χ4v) is 4.90.